The Morgan fingerprint density at radius 2 is 1.72 bits per heavy atom. The summed E-state index contributed by atoms with van der Waals surface area (Å²) in [5, 5.41) is 5.63. The minimum Gasteiger partial charge on any atom is -0.465 e. The molecule has 29 heavy (non-hydrogen) atoms. The zero-order valence-electron chi connectivity index (χ0n) is 16.5. The molecule has 3 rings (SSSR count). The Hall–Kier alpha value is -3.60. The van der Waals surface area contributed by atoms with Crippen molar-refractivity contribution in [1.29, 1.82) is 0 Å². The fourth-order valence-corrected chi connectivity index (χ4v) is 2.93. The van der Waals surface area contributed by atoms with E-state index in [4.69, 9.17) is 4.42 Å². The van der Waals surface area contributed by atoms with E-state index in [-0.39, 0.29) is 23.4 Å². The smallest absolute Gasteiger partial charge is 0.267 e. The number of carbonyl (C=O) groups excluding carboxylic acids is 2. The average molecular weight is 388 g/mol. The first-order chi connectivity index (χ1) is 14.0. The predicted molar refractivity (Wildman–Crippen MR) is 113 cm³/mol. The van der Waals surface area contributed by atoms with Crippen LogP contribution in [-0.2, 0) is 4.79 Å². The molecule has 0 aliphatic carbocycles. The monoisotopic (exact) mass is 388 g/mol. The van der Waals surface area contributed by atoms with Crippen LogP contribution in [0.25, 0.3) is 6.08 Å². The van der Waals surface area contributed by atoms with E-state index in [0.29, 0.717) is 17.9 Å². The summed E-state index contributed by atoms with van der Waals surface area (Å²) < 4.78 is 5.31. The third-order valence-electron chi connectivity index (χ3n) is 4.65. The number of benzene rings is 2. The summed E-state index contributed by atoms with van der Waals surface area (Å²) in [6.07, 6.45) is 3.04. The highest BCUT2D eigenvalue weighted by Gasteiger charge is 2.17. The van der Waals surface area contributed by atoms with Crippen LogP contribution in [0.1, 0.15) is 40.1 Å². The van der Waals surface area contributed by atoms with Crippen molar-refractivity contribution < 1.29 is 14.0 Å². The molecule has 148 valence electrons. The van der Waals surface area contributed by atoms with E-state index in [1.165, 1.54) is 12.3 Å². The van der Waals surface area contributed by atoms with E-state index in [1.54, 1.807) is 24.3 Å². The summed E-state index contributed by atoms with van der Waals surface area (Å²) in [7, 11) is 0. The molecule has 2 N–H and O–H groups in total. The summed E-state index contributed by atoms with van der Waals surface area (Å²) in [5.41, 5.74) is 2.62. The van der Waals surface area contributed by atoms with Gasteiger partial charge in [0, 0.05) is 18.2 Å². The molecular formula is C24H24N2O3. The van der Waals surface area contributed by atoms with Gasteiger partial charge in [-0.05, 0) is 42.2 Å². The van der Waals surface area contributed by atoms with Gasteiger partial charge in [-0.1, -0.05) is 55.5 Å². The number of aryl methyl sites for hydroxylation is 1. The van der Waals surface area contributed by atoms with Crippen LogP contribution in [0.2, 0.25) is 0 Å². The van der Waals surface area contributed by atoms with Gasteiger partial charge in [0.05, 0.1) is 6.26 Å². The summed E-state index contributed by atoms with van der Waals surface area (Å²) in [6.45, 7) is 4.34. The Balaban J connectivity index is 1.74. The molecule has 0 aliphatic heterocycles. The van der Waals surface area contributed by atoms with Gasteiger partial charge in [0.2, 0.25) is 0 Å². The number of nitrogens with one attached hydrogen (secondary N) is 2. The normalized spacial score (nSPS) is 12.3. The third-order valence-corrected chi connectivity index (χ3v) is 4.65. The second-order valence-corrected chi connectivity index (χ2v) is 6.86. The highest BCUT2D eigenvalue weighted by Crippen LogP contribution is 2.14. The van der Waals surface area contributed by atoms with Crippen LogP contribution >= 0.6 is 0 Å². The molecule has 1 aromatic heterocycles. The van der Waals surface area contributed by atoms with Gasteiger partial charge in [0.25, 0.3) is 11.8 Å². The van der Waals surface area contributed by atoms with E-state index in [0.717, 1.165) is 11.1 Å². The fraction of sp³-hybridized carbons (Fsp3) is 0.167. The molecule has 1 heterocycles. The van der Waals surface area contributed by atoms with Gasteiger partial charge in [-0.25, -0.2) is 0 Å². The van der Waals surface area contributed by atoms with Crippen LogP contribution in [0.4, 0.5) is 0 Å². The van der Waals surface area contributed by atoms with Gasteiger partial charge in [-0.3, -0.25) is 9.59 Å². The number of amides is 2. The first-order valence-corrected chi connectivity index (χ1v) is 9.50. The molecule has 0 spiro atoms. The van der Waals surface area contributed by atoms with Crippen molar-refractivity contribution >= 4 is 17.9 Å². The lowest BCUT2D eigenvalue weighted by Gasteiger charge is -2.15. The first kappa shape index (κ1) is 20.1. The Bertz CT molecular complexity index is 992. The van der Waals surface area contributed by atoms with Crippen LogP contribution < -0.4 is 10.6 Å². The minimum atomic E-state index is -0.369. The van der Waals surface area contributed by atoms with Gasteiger partial charge < -0.3 is 15.1 Å². The van der Waals surface area contributed by atoms with Crippen molar-refractivity contribution in [3.63, 3.8) is 0 Å². The maximum Gasteiger partial charge on any atom is 0.267 e. The van der Waals surface area contributed by atoms with Crippen LogP contribution in [0.15, 0.2) is 83.1 Å². The summed E-state index contributed by atoms with van der Waals surface area (Å²) >= 11 is 0. The average Bonchev–Trinajstić information content (AvgIpc) is 3.25. The van der Waals surface area contributed by atoms with Gasteiger partial charge in [0.1, 0.15) is 11.5 Å². The lowest BCUT2D eigenvalue weighted by Crippen LogP contribution is -2.36. The molecule has 0 saturated carbocycles. The summed E-state index contributed by atoms with van der Waals surface area (Å²) in [6, 6.07) is 20.6. The maximum absolute atomic E-state index is 12.8. The number of rotatable bonds is 7. The molecule has 0 fully saturated rings. The van der Waals surface area contributed by atoms with Gasteiger partial charge in [-0.2, -0.15) is 0 Å². The quantitative estimate of drug-likeness (QED) is 0.594. The second-order valence-electron chi connectivity index (χ2n) is 6.86. The number of furan rings is 1. The van der Waals surface area contributed by atoms with E-state index >= 15 is 0 Å². The second kappa shape index (κ2) is 9.55. The zero-order chi connectivity index (χ0) is 20.6. The summed E-state index contributed by atoms with van der Waals surface area (Å²) in [5.74, 6) is -0.0910. The van der Waals surface area contributed by atoms with E-state index < -0.39 is 0 Å². The Labute approximate surface area is 170 Å². The number of hydrogen-bond acceptors (Lipinski definition) is 3. The molecule has 0 radical (unpaired) electrons. The molecule has 0 unspecified atom stereocenters. The Kier molecular flexibility index (Phi) is 6.63. The molecule has 2 amide bonds. The zero-order valence-corrected chi connectivity index (χ0v) is 16.5. The van der Waals surface area contributed by atoms with Crippen molar-refractivity contribution in [2.45, 2.75) is 19.8 Å². The van der Waals surface area contributed by atoms with Crippen molar-refractivity contribution in [2.24, 2.45) is 0 Å². The molecule has 0 bridgehead atoms. The SMILES string of the molecule is Cc1ccccc1C(=O)N/C(=C\c1ccco1)C(=O)NC[C@H](C)c1ccccc1. The molecule has 2 aromatic carbocycles. The predicted octanol–water partition coefficient (Wildman–Crippen LogP) is 4.28. The van der Waals surface area contributed by atoms with Crippen molar-refractivity contribution in [3.8, 4) is 0 Å². The standard InChI is InChI=1S/C24H24N2O3/c1-17-9-6-7-13-21(17)23(27)26-22(15-20-12-8-14-29-20)24(28)25-16-18(2)19-10-4-3-5-11-19/h3-15,18H,16H2,1-2H3,(H,25,28)(H,26,27)/b22-15-/t18-/m0/s1. The number of hydrogen-bond donors (Lipinski definition) is 2. The Morgan fingerprint density at radius 3 is 2.41 bits per heavy atom. The minimum absolute atomic E-state index is 0.133. The molecule has 0 aliphatic rings. The Morgan fingerprint density at radius 1 is 1.00 bits per heavy atom. The van der Waals surface area contributed by atoms with Gasteiger partial charge in [-0.15, -0.1) is 0 Å². The van der Waals surface area contributed by atoms with E-state index in [2.05, 4.69) is 10.6 Å². The maximum atomic E-state index is 12.8. The lowest BCUT2D eigenvalue weighted by molar-refractivity contribution is -0.117. The molecular weight excluding hydrogens is 364 g/mol. The molecule has 3 aromatic rings. The van der Waals surface area contributed by atoms with Crippen LogP contribution in [0, 0.1) is 6.92 Å². The highest BCUT2D eigenvalue weighted by atomic mass is 16.3. The third kappa shape index (κ3) is 5.45. The topological polar surface area (TPSA) is 71.3 Å². The van der Waals surface area contributed by atoms with E-state index in [9.17, 15) is 9.59 Å². The number of carbonyl (C=O) groups is 2. The van der Waals surface area contributed by atoms with Crippen LogP contribution in [-0.4, -0.2) is 18.4 Å². The first-order valence-electron chi connectivity index (χ1n) is 9.50. The molecule has 1 atom stereocenters. The largest absolute Gasteiger partial charge is 0.465 e. The van der Waals surface area contributed by atoms with E-state index in [1.807, 2.05) is 56.3 Å². The van der Waals surface area contributed by atoms with Gasteiger partial charge >= 0.3 is 0 Å². The molecule has 5 heteroatoms. The van der Waals surface area contributed by atoms with Crippen molar-refractivity contribution in [1.82, 2.24) is 10.6 Å². The molecule has 5 nitrogen and oxygen atoms in total. The van der Waals surface area contributed by atoms with Crippen molar-refractivity contribution in [2.75, 3.05) is 6.54 Å². The lowest BCUT2D eigenvalue weighted by atomic mass is 10.0. The summed E-state index contributed by atoms with van der Waals surface area (Å²) in [4.78, 5) is 25.5. The molecule has 0 saturated heterocycles. The van der Waals surface area contributed by atoms with Crippen LogP contribution in [0.3, 0.4) is 0 Å². The van der Waals surface area contributed by atoms with Gasteiger partial charge in [0.15, 0.2) is 0 Å². The van der Waals surface area contributed by atoms with Crippen molar-refractivity contribution in [3.05, 3.63) is 101 Å². The fourth-order valence-electron chi connectivity index (χ4n) is 2.93. The van der Waals surface area contributed by atoms with Crippen LogP contribution in [0.5, 0.6) is 0 Å². The highest BCUT2D eigenvalue weighted by molar-refractivity contribution is 6.05.